The lowest BCUT2D eigenvalue weighted by Gasteiger charge is -2.03. The van der Waals surface area contributed by atoms with E-state index in [1.165, 1.54) is 6.08 Å². The molecule has 0 saturated heterocycles. The lowest BCUT2D eigenvalue weighted by Crippen LogP contribution is -1.97. The van der Waals surface area contributed by atoms with E-state index in [9.17, 15) is 8.78 Å². The standard InChI is InChI=1S/C8H6ClF2N/c1-2-4-3-5(10)6(9)7(11)8(4)12/h2-3H,1,12H2. The Kier molecular flexibility index (Phi) is 2.33. The van der Waals surface area contributed by atoms with Crippen LogP contribution in [0.25, 0.3) is 6.08 Å². The van der Waals surface area contributed by atoms with Crippen LogP contribution in [0.3, 0.4) is 0 Å². The predicted octanol–water partition coefficient (Wildman–Crippen LogP) is 2.84. The summed E-state index contributed by atoms with van der Waals surface area (Å²) in [6, 6.07) is 1.04. The van der Waals surface area contributed by atoms with E-state index in [1.54, 1.807) is 0 Å². The van der Waals surface area contributed by atoms with Gasteiger partial charge in [-0.25, -0.2) is 8.78 Å². The summed E-state index contributed by atoms with van der Waals surface area (Å²) in [5.41, 5.74) is 5.28. The summed E-state index contributed by atoms with van der Waals surface area (Å²) in [6.07, 6.45) is 1.26. The van der Waals surface area contributed by atoms with Crippen molar-refractivity contribution < 1.29 is 8.78 Å². The molecule has 0 aliphatic heterocycles. The van der Waals surface area contributed by atoms with Crippen LogP contribution in [0, 0.1) is 11.6 Å². The largest absolute Gasteiger partial charge is 0.396 e. The Hall–Kier alpha value is -1.09. The molecule has 0 heterocycles. The van der Waals surface area contributed by atoms with Crippen molar-refractivity contribution in [3.63, 3.8) is 0 Å². The molecule has 12 heavy (non-hydrogen) atoms. The molecule has 0 bridgehead atoms. The van der Waals surface area contributed by atoms with E-state index in [-0.39, 0.29) is 11.3 Å². The van der Waals surface area contributed by atoms with Gasteiger partial charge in [-0.05, 0) is 6.07 Å². The van der Waals surface area contributed by atoms with E-state index in [0.29, 0.717) is 0 Å². The molecule has 0 fully saturated rings. The Morgan fingerprint density at radius 1 is 1.50 bits per heavy atom. The number of hydrogen-bond donors (Lipinski definition) is 1. The Bertz CT molecular complexity index is 336. The van der Waals surface area contributed by atoms with Crippen LogP contribution in [-0.2, 0) is 0 Å². The summed E-state index contributed by atoms with van der Waals surface area (Å²) in [5, 5.41) is -0.585. The van der Waals surface area contributed by atoms with Gasteiger partial charge in [0.1, 0.15) is 10.8 Å². The Labute approximate surface area is 73.4 Å². The third-order valence-electron chi connectivity index (χ3n) is 1.45. The van der Waals surface area contributed by atoms with Gasteiger partial charge in [-0.3, -0.25) is 0 Å². The minimum absolute atomic E-state index is 0.184. The molecule has 1 rings (SSSR count). The fraction of sp³-hybridized carbons (Fsp3) is 0. The van der Waals surface area contributed by atoms with Crippen molar-refractivity contribution in [3.8, 4) is 0 Å². The van der Waals surface area contributed by atoms with Crippen LogP contribution in [0.1, 0.15) is 5.56 Å². The van der Waals surface area contributed by atoms with Crippen molar-refractivity contribution in [2.24, 2.45) is 0 Å². The number of anilines is 1. The van der Waals surface area contributed by atoms with E-state index in [2.05, 4.69) is 6.58 Å². The fourth-order valence-electron chi connectivity index (χ4n) is 0.796. The lowest BCUT2D eigenvalue weighted by molar-refractivity contribution is 0.586. The molecule has 64 valence electrons. The highest BCUT2D eigenvalue weighted by Crippen LogP contribution is 2.27. The monoisotopic (exact) mass is 189 g/mol. The fourth-order valence-corrected chi connectivity index (χ4v) is 0.953. The number of rotatable bonds is 1. The van der Waals surface area contributed by atoms with Crippen LogP contribution in [0.2, 0.25) is 5.02 Å². The molecule has 0 unspecified atom stereocenters. The van der Waals surface area contributed by atoms with Crippen molar-refractivity contribution in [1.82, 2.24) is 0 Å². The molecule has 0 aliphatic rings. The van der Waals surface area contributed by atoms with Gasteiger partial charge in [-0.15, -0.1) is 0 Å². The average Bonchev–Trinajstić information content (AvgIpc) is 2.08. The molecule has 1 nitrogen and oxygen atoms in total. The van der Waals surface area contributed by atoms with Gasteiger partial charge in [0.05, 0.1) is 5.69 Å². The minimum atomic E-state index is -0.938. The van der Waals surface area contributed by atoms with Crippen molar-refractivity contribution in [2.45, 2.75) is 0 Å². The van der Waals surface area contributed by atoms with E-state index in [1.807, 2.05) is 0 Å². The summed E-state index contributed by atoms with van der Waals surface area (Å²) in [4.78, 5) is 0. The maximum Gasteiger partial charge on any atom is 0.168 e. The Balaban J connectivity index is 3.49. The topological polar surface area (TPSA) is 26.0 Å². The molecule has 0 aliphatic carbocycles. The summed E-state index contributed by atoms with van der Waals surface area (Å²) in [5.74, 6) is -1.77. The molecule has 1 aromatic rings. The normalized spacial score (nSPS) is 9.92. The second kappa shape index (κ2) is 3.11. The van der Waals surface area contributed by atoms with Gasteiger partial charge in [-0.1, -0.05) is 24.3 Å². The molecule has 0 spiro atoms. The predicted molar refractivity (Wildman–Crippen MR) is 45.9 cm³/mol. The number of hydrogen-bond acceptors (Lipinski definition) is 1. The molecule has 0 radical (unpaired) electrons. The Morgan fingerprint density at radius 3 is 2.58 bits per heavy atom. The van der Waals surface area contributed by atoms with Gasteiger partial charge in [0.2, 0.25) is 0 Å². The highest BCUT2D eigenvalue weighted by atomic mass is 35.5. The first-order valence-electron chi connectivity index (χ1n) is 3.13. The molecular formula is C8H6ClF2N. The third kappa shape index (κ3) is 1.28. The van der Waals surface area contributed by atoms with Crippen LogP contribution in [-0.4, -0.2) is 0 Å². The maximum atomic E-state index is 12.9. The number of benzene rings is 1. The van der Waals surface area contributed by atoms with Crippen LogP contribution in [0.4, 0.5) is 14.5 Å². The molecule has 0 atom stereocenters. The van der Waals surface area contributed by atoms with Gasteiger partial charge >= 0.3 is 0 Å². The molecule has 4 heteroatoms. The summed E-state index contributed by atoms with van der Waals surface area (Å²) in [6.45, 7) is 3.35. The highest BCUT2D eigenvalue weighted by molar-refractivity contribution is 6.31. The Morgan fingerprint density at radius 2 is 2.08 bits per heavy atom. The first-order valence-corrected chi connectivity index (χ1v) is 3.51. The van der Waals surface area contributed by atoms with E-state index in [4.69, 9.17) is 17.3 Å². The maximum absolute atomic E-state index is 12.9. The van der Waals surface area contributed by atoms with Gasteiger partial charge < -0.3 is 5.73 Å². The number of nitrogen functional groups attached to an aromatic ring is 1. The zero-order valence-corrected chi connectivity index (χ0v) is 6.83. The zero-order chi connectivity index (χ0) is 9.30. The third-order valence-corrected chi connectivity index (χ3v) is 1.80. The lowest BCUT2D eigenvalue weighted by atomic mass is 10.1. The average molecular weight is 190 g/mol. The van der Waals surface area contributed by atoms with Gasteiger partial charge in [-0.2, -0.15) is 0 Å². The van der Waals surface area contributed by atoms with Crippen molar-refractivity contribution in [2.75, 3.05) is 5.73 Å². The highest BCUT2D eigenvalue weighted by Gasteiger charge is 2.12. The van der Waals surface area contributed by atoms with Crippen LogP contribution in [0.15, 0.2) is 12.6 Å². The number of nitrogens with two attached hydrogens (primary N) is 1. The van der Waals surface area contributed by atoms with Crippen molar-refractivity contribution >= 4 is 23.4 Å². The van der Waals surface area contributed by atoms with Crippen molar-refractivity contribution in [1.29, 1.82) is 0 Å². The van der Waals surface area contributed by atoms with Gasteiger partial charge in [0.15, 0.2) is 5.82 Å². The van der Waals surface area contributed by atoms with E-state index >= 15 is 0 Å². The van der Waals surface area contributed by atoms with E-state index in [0.717, 1.165) is 6.07 Å². The second-order valence-electron chi connectivity index (χ2n) is 2.19. The summed E-state index contributed by atoms with van der Waals surface area (Å²) >= 11 is 5.25. The van der Waals surface area contributed by atoms with Crippen molar-refractivity contribution in [3.05, 3.63) is 34.9 Å². The molecule has 0 saturated carbocycles. The van der Waals surface area contributed by atoms with Crippen LogP contribution in [0.5, 0.6) is 0 Å². The number of halogens is 3. The van der Waals surface area contributed by atoms with Crippen LogP contribution >= 0.6 is 11.6 Å². The zero-order valence-electron chi connectivity index (χ0n) is 6.07. The first kappa shape index (κ1) is 9.00. The van der Waals surface area contributed by atoms with Gasteiger partial charge in [0, 0.05) is 5.56 Å². The van der Waals surface area contributed by atoms with E-state index < -0.39 is 16.7 Å². The first-order chi connectivity index (χ1) is 5.57. The molecule has 2 N–H and O–H groups in total. The quantitative estimate of drug-likeness (QED) is 0.534. The summed E-state index contributed by atoms with van der Waals surface area (Å²) in [7, 11) is 0. The minimum Gasteiger partial charge on any atom is -0.396 e. The molecular weight excluding hydrogens is 184 g/mol. The SMILES string of the molecule is C=Cc1cc(F)c(Cl)c(F)c1N. The molecule has 1 aromatic carbocycles. The smallest absolute Gasteiger partial charge is 0.168 e. The molecule has 0 amide bonds. The van der Waals surface area contributed by atoms with Crippen LogP contribution < -0.4 is 5.73 Å². The molecule has 0 aromatic heterocycles. The second-order valence-corrected chi connectivity index (χ2v) is 2.57. The summed E-state index contributed by atoms with van der Waals surface area (Å²) < 4.78 is 25.6. The van der Waals surface area contributed by atoms with Gasteiger partial charge in [0.25, 0.3) is 0 Å².